The molecule has 0 aliphatic heterocycles. The molecule has 2 N–H and O–H groups in total. The van der Waals surface area contributed by atoms with Gasteiger partial charge < -0.3 is 15.4 Å². The van der Waals surface area contributed by atoms with E-state index in [0.717, 1.165) is 12.8 Å². The monoisotopic (exact) mass is 263 g/mol. The summed E-state index contributed by atoms with van der Waals surface area (Å²) in [4.78, 5) is 27.3. The summed E-state index contributed by atoms with van der Waals surface area (Å²) >= 11 is 0. The van der Waals surface area contributed by atoms with Crippen LogP contribution in [0.1, 0.15) is 30.1 Å². The van der Waals surface area contributed by atoms with E-state index in [1.54, 1.807) is 25.3 Å². The number of ether oxygens (including phenoxy) is 1. The van der Waals surface area contributed by atoms with Gasteiger partial charge in [-0.05, 0) is 31.9 Å². The Bertz CT molecular complexity index is 472. The number of anilines is 1. The molecule has 19 heavy (non-hydrogen) atoms. The summed E-state index contributed by atoms with van der Waals surface area (Å²) in [6.07, 6.45) is 3.65. The summed E-state index contributed by atoms with van der Waals surface area (Å²) in [7, 11) is 0. The standard InChI is InChI=1S/C13H17N3O3/c1-2-19-13(18)10-4-3-7-14-12(10)15-8-11(17)16-9-5-6-9/h3-4,7,9H,2,5-6,8H2,1H3,(H,14,15)(H,16,17). The highest BCUT2D eigenvalue weighted by Gasteiger charge is 2.23. The van der Waals surface area contributed by atoms with Crippen molar-refractivity contribution in [2.45, 2.75) is 25.8 Å². The lowest BCUT2D eigenvalue weighted by atomic mass is 10.2. The van der Waals surface area contributed by atoms with Gasteiger partial charge in [-0.15, -0.1) is 0 Å². The van der Waals surface area contributed by atoms with E-state index in [0.29, 0.717) is 24.0 Å². The van der Waals surface area contributed by atoms with Crippen LogP contribution in [0.25, 0.3) is 0 Å². The zero-order chi connectivity index (χ0) is 13.7. The Morgan fingerprint density at radius 1 is 1.47 bits per heavy atom. The lowest BCUT2D eigenvalue weighted by Gasteiger charge is -2.10. The molecule has 0 spiro atoms. The summed E-state index contributed by atoms with van der Waals surface area (Å²) in [6.45, 7) is 2.14. The fourth-order valence-electron chi connectivity index (χ4n) is 1.59. The number of hydrogen-bond acceptors (Lipinski definition) is 5. The largest absolute Gasteiger partial charge is 0.462 e. The summed E-state index contributed by atoms with van der Waals surface area (Å²) in [6, 6.07) is 3.59. The van der Waals surface area contributed by atoms with Gasteiger partial charge in [0.05, 0.1) is 13.2 Å². The SMILES string of the molecule is CCOC(=O)c1cccnc1NCC(=O)NC1CC1. The number of aromatic nitrogens is 1. The van der Waals surface area contributed by atoms with Crippen LogP contribution in [-0.2, 0) is 9.53 Å². The van der Waals surface area contributed by atoms with Gasteiger partial charge in [-0.1, -0.05) is 0 Å². The van der Waals surface area contributed by atoms with Gasteiger partial charge in [-0.25, -0.2) is 9.78 Å². The molecule has 6 nitrogen and oxygen atoms in total. The van der Waals surface area contributed by atoms with Gasteiger partial charge in [-0.3, -0.25) is 4.79 Å². The molecule has 1 aliphatic carbocycles. The van der Waals surface area contributed by atoms with E-state index >= 15 is 0 Å². The maximum absolute atomic E-state index is 11.7. The average molecular weight is 263 g/mol. The van der Waals surface area contributed by atoms with Crippen LogP contribution in [0.5, 0.6) is 0 Å². The lowest BCUT2D eigenvalue weighted by Crippen LogP contribution is -2.31. The van der Waals surface area contributed by atoms with E-state index in [1.165, 1.54) is 0 Å². The van der Waals surface area contributed by atoms with Gasteiger partial charge in [-0.2, -0.15) is 0 Å². The molecule has 1 aromatic heterocycles. The average Bonchev–Trinajstić information content (AvgIpc) is 3.21. The number of pyridine rings is 1. The second-order valence-electron chi connectivity index (χ2n) is 4.32. The molecule has 1 saturated carbocycles. The Labute approximate surface area is 111 Å². The van der Waals surface area contributed by atoms with Crippen LogP contribution in [0.15, 0.2) is 18.3 Å². The molecule has 1 amide bonds. The summed E-state index contributed by atoms with van der Waals surface area (Å²) in [5, 5.41) is 5.71. The van der Waals surface area contributed by atoms with Crippen molar-refractivity contribution in [2.75, 3.05) is 18.5 Å². The van der Waals surface area contributed by atoms with E-state index in [4.69, 9.17) is 4.74 Å². The molecule has 0 unspecified atom stereocenters. The highest BCUT2D eigenvalue weighted by Crippen LogP contribution is 2.18. The predicted molar refractivity (Wildman–Crippen MR) is 69.8 cm³/mol. The van der Waals surface area contributed by atoms with Crippen molar-refractivity contribution in [1.29, 1.82) is 0 Å². The third kappa shape index (κ3) is 3.94. The number of esters is 1. The fraction of sp³-hybridized carbons (Fsp3) is 0.462. The van der Waals surface area contributed by atoms with Gasteiger partial charge >= 0.3 is 5.97 Å². The molecule has 0 saturated heterocycles. The van der Waals surface area contributed by atoms with Gasteiger partial charge in [0.2, 0.25) is 5.91 Å². The van der Waals surface area contributed by atoms with E-state index in [-0.39, 0.29) is 12.5 Å². The number of amides is 1. The zero-order valence-electron chi connectivity index (χ0n) is 10.8. The number of rotatable bonds is 6. The molecule has 0 bridgehead atoms. The highest BCUT2D eigenvalue weighted by atomic mass is 16.5. The topological polar surface area (TPSA) is 80.3 Å². The predicted octanol–water partition coefficient (Wildman–Crippen LogP) is 0.949. The minimum Gasteiger partial charge on any atom is -0.462 e. The number of nitrogens with one attached hydrogen (secondary N) is 2. The smallest absolute Gasteiger partial charge is 0.341 e. The van der Waals surface area contributed by atoms with Crippen molar-refractivity contribution in [3.05, 3.63) is 23.9 Å². The van der Waals surface area contributed by atoms with Gasteiger partial charge in [0.1, 0.15) is 11.4 Å². The summed E-state index contributed by atoms with van der Waals surface area (Å²) in [5.41, 5.74) is 0.337. The first kappa shape index (κ1) is 13.3. The number of nitrogens with zero attached hydrogens (tertiary/aromatic N) is 1. The number of carbonyl (C=O) groups is 2. The minimum atomic E-state index is -0.444. The Morgan fingerprint density at radius 2 is 2.26 bits per heavy atom. The maximum Gasteiger partial charge on any atom is 0.341 e. The molecule has 1 heterocycles. The number of carbonyl (C=O) groups excluding carboxylic acids is 2. The summed E-state index contributed by atoms with van der Waals surface area (Å²) in [5.74, 6) is -0.171. The Morgan fingerprint density at radius 3 is 2.95 bits per heavy atom. The van der Waals surface area contributed by atoms with E-state index in [2.05, 4.69) is 15.6 Å². The van der Waals surface area contributed by atoms with Crippen molar-refractivity contribution in [3.8, 4) is 0 Å². The van der Waals surface area contributed by atoms with Gasteiger partial charge in [0.15, 0.2) is 0 Å². The van der Waals surface area contributed by atoms with Crippen molar-refractivity contribution in [2.24, 2.45) is 0 Å². The third-order valence-corrected chi connectivity index (χ3v) is 2.66. The van der Waals surface area contributed by atoms with E-state index in [9.17, 15) is 9.59 Å². The molecule has 1 aliphatic rings. The quantitative estimate of drug-likeness (QED) is 0.747. The van der Waals surface area contributed by atoms with Crippen molar-refractivity contribution in [3.63, 3.8) is 0 Å². The molecule has 102 valence electrons. The second kappa shape index (κ2) is 6.17. The van der Waals surface area contributed by atoms with Crippen LogP contribution >= 0.6 is 0 Å². The Kier molecular flexibility index (Phi) is 4.33. The zero-order valence-corrected chi connectivity index (χ0v) is 10.8. The lowest BCUT2D eigenvalue weighted by molar-refractivity contribution is -0.119. The Hall–Kier alpha value is -2.11. The first-order valence-electron chi connectivity index (χ1n) is 6.36. The second-order valence-corrected chi connectivity index (χ2v) is 4.32. The highest BCUT2D eigenvalue weighted by molar-refractivity contribution is 5.95. The molecular formula is C13H17N3O3. The normalized spacial score (nSPS) is 13.7. The van der Waals surface area contributed by atoms with Crippen molar-refractivity contribution >= 4 is 17.7 Å². The van der Waals surface area contributed by atoms with Crippen molar-refractivity contribution < 1.29 is 14.3 Å². The summed E-state index contributed by atoms with van der Waals surface area (Å²) < 4.78 is 4.93. The first-order valence-corrected chi connectivity index (χ1v) is 6.36. The van der Waals surface area contributed by atoms with Crippen LogP contribution in [0.3, 0.4) is 0 Å². The minimum absolute atomic E-state index is 0.0945. The van der Waals surface area contributed by atoms with Crippen LogP contribution in [0.4, 0.5) is 5.82 Å². The van der Waals surface area contributed by atoms with Crippen LogP contribution in [0, 0.1) is 0 Å². The molecular weight excluding hydrogens is 246 g/mol. The molecule has 6 heteroatoms. The van der Waals surface area contributed by atoms with Crippen LogP contribution < -0.4 is 10.6 Å². The third-order valence-electron chi connectivity index (χ3n) is 2.66. The maximum atomic E-state index is 11.7. The Balaban J connectivity index is 1.94. The molecule has 1 fully saturated rings. The fourth-order valence-corrected chi connectivity index (χ4v) is 1.59. The molecule has 2 rings (SSSR count). The van der Waals surface area contributed by atoms with E-state index in [1.807, 2.05) is 0 Å². The molecule has 0 atom stereocenters. The molecule has 0 radical (unpaired) electrons. The van der Waals surface area contributed by atoms with Crippen molar-refractivity contribution in [1.82, 2.24) is 10.3 Å². The first-order chi connectivity index (χ1) is 9.20. The van der Waals surface area contributed by atoms with Gasteiger partial charge in [0, 0.05) is 12.2 Å². The van der Waals surface area contributed by atoms with E-state index < -0.39 is 5.97 Å². The van der Waals surface area contributed by atoms with Gasteiger partial charge in [0.25, 0.3) is 0 Å². The number of hydrogen-bond donors (Lipinski definition) is 2. The van der Waals surface area contributed by atoms with Crippen LogP contribution in [-0.4, -0.2) is 36.1 Å². The van der Waals surface area contributed by atoms with Crippen LogP contribution in [0.2, 0.25) is 0 Å². The molecule has 0 aromatic carbocycles. The molecule has 1 aromatic rings.